The van der Waals surface area contributed by atoms with Gasteiger partial charge in [0, 0.05) is 18.1 Å². The van der Waals surface area contributed by atoms with E-state index >= 15 is 0 Å². The first-order chi connectivity index (χ1) is 15.8. The number of methoxy groups -OCH3 is 2. The predicted molar refractivity (Wildman–Crippen MR) is 122 cm³/mol. The van der Waals surface area contributed by atoms with E-state index < -0.39 is 12.1 Å². The fourth-order valence-electron chi connectivity index (χ4n) is 3.64. The molecule has 4 rings (SSSR count). The number of esters is 1. The minimum Gasteiger partial charge on any atom is -0.493 e. The molecule has 1 amide bonds. The first kappa shape index (κ1) is 22.3. The molecule has 0 bridgehead atoms. The molecule has 1 aliphatic rings. The standard InChI is InChI=1S/C24H25N3O6/c1-12-9-15(12)23(29)26-18-11-20(32-4)19(31-3)10-16(18)24(30)33-13(2)21-25-17-8-6-5-7-14(17)22(28)27-21/h5-8,10-13,15H,9H2,1-4H3,(H,26,29)(H,25,27,28). The van der Waals surface area contributed by atoms with E-state index in [1.165, 1.54) is 26.4 Å². The van der Waals surface area contributed by atoms with E-state index in [0.717, 1.165) is 6.42 Å². The highest BCUT2D eigenvalue weighted by Crippen LogP contribution is 2.40. The van der Waals surface area contributed by atoms with Gasteiger partial charge in [-0.15, -0.1) is 0 Å². The van der Waals surface area contributed by atoms with Crippen LogP contribution in [-0.2, 0) is 9.53 Å². The van der Waals surface area contributed by atoms with Gasteiger partial charge in [0.05, 0.1) is 36.4 Å². The summed E-state index contributed by atoms with van der Waals surface area (Å²) in [5.74, 6) is 0.221. The number of aromatic nitrogens is 2. The van der Waals surface area contributed by atoms with Crippen molar-refractivity contribution >= 4 is 28.5 Å². The number of nitrogens with zero attached hydrogens (tertiary/aromatic N) is 1. The molecule has 3 atom stereocenters. The Morgan fingerprint density at radius 1 is 1.15 bits per heavy atom. The molecule has 0 radical (unpaired) electrons. The lowest BCUT2D eigenvalue weighted by Gasteiger charge is -2.17. The Bertz CT molecular complexity index is 1280. The van der Waals surface area contributed by atoms with Gasteiger partial charge in [-0.05, 0) is 31.4 Å². The number of para-hydroxylation sites is 1. The van der Waals surface area contributed by atoms with Crippen LogP contribution < -0.4 is 20.3 Å². The Kier molecular flexibility index (Phi) is 6.04. The van der Waals surface area contributed by atoms with Crippen LogP contribution >= 0.6 is 0 Å². The predicted octanol–water partition coefficient (Wildman–Crippen LogP) is 3.45. The number of hydrogen-bond acceptors (Lipinski definition) is 7. The Morgan fingerprint density at radius 2 is 1.82 bits per heavy atom. The second-order valence-electron chi connectivity index (χ2n) is 8.08. The van der Waals surface area contributed by atoms with Crippen molar-refractivity contribution < 1.29 is 23.8 Å². The molecule has 9 heteroatoms. The number of aromatic amines is 1. The lowest BCUT2D eigenvalue weighted by atomic mass is 10.1. The van der Waals surface area contributed by atoms with E-state index in [1.54, 1.807) is 31.2 Å². The van der Waals surface area contributed by atoms with Crippen LogP contribution in [0, 0.1) is 11.8 Å². The molecule has 3 aromatic rings. The molecule has 172 valence electrons. The number of rotatable bonds is 7. The summed E-state index contributed by atoms with van der Waals surface area (Å²) in [6, 6.07) is 9.88. The molecule has 1 saturated carbocycles. The smallest absolute Gasteiger partial charge is 0.341 e. The highest BCUT2D eigenvalue weighted by Gasteiger charge is 2.39. The molecule has 3 unspecified atom stereocenters. The van der Waals surface area contributed by atoms with Crippen LogP contribution in [0.15, 0.2) is 41.2 Å². The molecule has 0 aliphatic heterocycles. The van der Waals surface area contributed by atoms with Crippen LogP contribution in [0.5, 0.6) is 11.5 Å². The molecule has 0 saturated heterocycles. The Balaban J connectivity index is 1.63. The van der Waals surface area contributed by atoms with Crippen molar-refractivity contribution in [2.75, 3.05) is 19.5 Å². The maximum absolute atomic E-state index is 13.1. The fourth-order valence-corrected chi connectivity index (χ4v) is 3.64. The third-order valence-corrected chi connectivity index (χ3v) is 5.75. The van der Waals surface area contributed by atoms with Crippen molar-refractivity contribution in [2.45, 2.75) is 26.4 Å². The normalized spacial score (nSPS) is 17.8. The third kappa shape index (κ3) is 4.52. The van der Waals surface area contributed by atoms with Crippen molar-refractivity contribution in [3.8, 4) is 11.5 Å². The summed E-state index contributed by atoms with van der Waals surface area (Å²) in [5.41, 5.74) is 0.533. The van der Waals surface area contributed by atoms with Gasteiger partial charge in [0.25, 0.3) is 5.56 Å². The number of H-pyrrole nitrogens is 1. The van der Waals surface area contributed by atoms with Gasteiger partial charge in [0.1, 0.15) is 0 Å². The van der Waals surface area contributed by atoms with Crippen molar-refractivity contribution in [1.82, 2.24) is 9.97 Å². The maximum Gasteiger partial charge on any atom is 0.341 e. The molecule has 33 heavy (non-hydrogen) atoms. The van der Waals surface area contributed by atoms with Crippen LogP contribution in [0.1, 0.15) is 42.6 Å². The van der Waals surface area contributed by atoms with Crippen molar-refractivity contribution in [3.63, 3.8) is 0 Å². The summed E-state index contributed by atoms with van der Waals surface area (Å²) >= 11 is 0. The van der Waals surface area contributed by atoms with Gasteiger partial charge < -0.3 is 24.5 Å². The Morgan fingerprint density at radius 3 is 2.48 bits per heavy atom. The molecule has 1 fully saturated rings. The van der Waals surface area contributed by atoms with Gasteiger partial charge in [-0.25, -0.2) is 9.78 Å². The molecular weight excluding hydrogens is 426 g/mol. The van der Waals surface area contributed by atoms with Crippen LogP contribution in [0.2, 0.25) is 0 Å². The molecule has 1 aliphatic carbocycles. The second-order valence-corrected chi connectivity index (χ2v) is 8.08. The number of amides is 1. The van der Waals surface area contributed by atoms with Gasteiger partial charge in [0.2, 0.25) is 5.91 Å². The Hall–Kier alpha value is -3.88. The lowest BCUT2D eigenvalue weighted by molar-refractivity contribution is -0.117. The van der Waals surface area contributed by atoms with Crippen molar-refractivity contribution in [2.24, 2.45) is 11.8 Å². The molecule has 9 nitrogen and oxygen atoms in total. The van der Waals surface area contributed by atoms with Gasteiger partial charge in [0.15, 0.2) is 23.4 Å². The molecule has 2 N–H and O–H groups in total. The van der Waals surface area contributed by atoms with Gasteiger partial charge in [-0.3, -0.25) is 9.59 Å². The van der Waals surface area contributed by atoms with E-state index in [0.29, 0.717) is 28.3 Å². The van der Waals surface area contributed by atoms with E-state index in [4.69, 9.17) is 14.2 Å². The molecule has 0 spiro atoms. The highest BCUT2D eigenvalue weighted by molar-refractivity contribution is 6.03. The first-order valence-electron chi connectivity index (χ1n) is 10.6. The summed E-state index contributed by atoms with van der Waals surface area (Å²) in [6.07, 6.45) is -0.0494. The second kappa shape index (κ2) is 8.93. The van der Waals surface area contributed by atoms with Crippen LogP contribution in [0.4, 0.5) is 5.69 Å². The van der Waals surface area contributed by atoms with E-state index in [2.05, 4.69) is 15.3 Å². The summed E-state index contributed by atoms with van der Waals surface area (Å²) in [6.45, 7) is 3.60. The summed E-state index contributed by atoms with van der Waals surface area (Å²) < 4.78 is 16.2. The number of carbonyl (C=O) groups is 2. The molecular formula is C24H25N3O6. The minimum atomic E-state index is -0.852. The van der Waals surface area contributed by atoms with Gasteiger partial charge >= 0.3 is 5.97 Å². The SMILES string of the molecule is COc1cc(NC(=O)C2CC2C)c(C(=O)OC(C)c2nc3ccccc3c(=O)[nH]2)cc1OC. The minimum absolute atomic E-state index is 0.0900. The number of nitrogens with one attached hydrogen (secondary N) is 2. The number of ether oxygens (including phenoxy) is 3. The van der Waals surface area contributed by atoms with Crippen LogP contribution in [-0.4, -0.2) is 36.1 Å². The van der Waals surface area contributed by atoms with Gasteiger partial charge in [-0.2, -0.15) is 0 Å². The zero-order valence-corrected chi connectivity index (χ0v) is 18.8. The van der Waals surface area contributed by atoms with Gasteiger partial charge in [-0.1, -0.05) is 19.1 Å². The van der Waals surface area contributed by atoms with E-state index in [1.807, 2.05) is 6.92 Å². The average Bonchev–Trinajstić information content (AvgIpc) is 3.55. The number of fused-ring (bicyclic) bond motifs is 1. The zero-order chi connectivity index (χ0) is 23.7. The summed E-state index contributed by atoms with van der Waals surface area (Å²) in [7, 11) is 2.91. The Labute approximate surface area is 190 Å². The molecule has 1 aromatic heterocycles. The molecule has 1 heterocycles. The van der Waals surface area contributed by atoms with E-state index in [-0.39, 0.29) is 34.5 Å². The monoisotopic (exact) mass is 451 g/mol. The quantitative estimate of drug-likeness (QED) is 0.528. The molecule has 2 aromatic carbocycles. The van der Waals surface area contributed by atoms with Crippen molar-refractivity contribution in [1.29, 1.82) is 0 Å². The average molecular weight is 451 g/mol. The van der Waals surface area contributed by atoms with Crippen molar-refractivity contribution in [3.05, 3.63) is 58.1 Å². The largest absolute Gasteiger partial charge is 0.493 e. The van der Waals surface area contributed by atoms with E-state index in [9.17, 15) is 14.4 Å². The van der Waals surface area contributed by atoms with Crippen LogP contribution in [0.25, 0.3) is 10.9 Å². The summed E-state index contributed by atoms with van der Waals surface area (Å²) in [5, 5.41) is 3.25. The summed E-state index contributed by atoms with van der Waals surface area (Å²) in [4.78, 5) is 45.1. The number of hydrogen-bond donors (Lipinski definition) is 2. The number of benzene rings is 2. The lowest BCUT2D eigenvalue weighted by Crippen LogP contribution is -2.20. The van der Waals surface area contributed by atoms with Crippen LogP contribution in [0.3, 0.4) is 0 Å². The maximum atomic E-state index is 13.1. The third-order valence-electron chi connectivity index (χ3n) is 5.75. The topological polar surface area (TPSA) is 120 Å². The first-order valence-corrected chi connectivity index (χ1v) is 10.6. The zero-order valence-electron chi connectivity index (χ0n) is 18.8. The highest BCUT2D eigenvalue weighted by atomic mass is 16.5. The number of anilines is 1. The number of carbonyl (C=O) groups excluding carboxylic acids is 2. The fraction of sp³-hybridized carbons (Fsp3) is 0.333.